The van der Waals surface area contributed by atoms with E-state index in [2.05, 4.69) is 0 Å². The van der Waals surface area contributed by atoms with Crippen LogP contribution in [0.5, 0.6) is 0 Å². The second-order valence-electron chi connectivity index (χ2n) is 7.58. The third kappa shape index (κ3) is 7.58. The fourth-order valence-electron chi connectivity index (χ4n) is 3.76. The molecule has 1 saturated carbocycles. The highest BCUT2D eigenvalue weighted by Gasteiger charge is 2.39. The number of benzene rings is 1. The molecule has 0 spiro atoms. The van der Waals surface area contributed by atoms with Crippen molar-refractivity contribution in [2.45, 2.75) is 63.3 Å². The minimum Gasteiger partial charge on any atom is -0.481 e. The van der Waals surface area contributed by atoms with Crippen LogP contribution in [0, 0.1) is 11.8 Å². The minimum absolute atomic E-state index is 0.0942. The number of aliphatic hydroxyl groups excluding tert-OH is 3. The molecule has 1 aliphatic carbocycles. The molecule has 5 atom stereocenters. The van der Waals surface area contributed by atoms with E-state index in [0.717, 1.165) is 6.42 Å². The predicted octanol–water partition coefficient (Wildman–Crippen LogP) is 3.10. The molecule has 1 fully saturated rings. The number of allylic oxidation sites excluding steroid dienone is 2. The molecule has 1 aromatic carbocycles. The van der Waals surface area contributed by atoms with Gasteiger partial charge >= 0.3 is 5.97 Å². The van der Waals surface area contributed by atoms with Gasteiger partial charge in [0.1, 0.15) is 0 Å². The maximum absolute atomic E-state index is 10.5. The third-order valence-electron chi connectivity index (χ3n) is 5.38. The summed E-state index contributed by atoms with van der Waals surface area (Å²) >= 11 is 0. The lowest BCUT2D eigenvalue weighted by Gasteiger charge is -2.19. The summed E-state index contributed by atoms with van der Waals surface area (Å²) in [5, 5.41) is 39.4. The van der Waals surface area contributed by atoms with Crippen molar-refractivity contribution in [3.63, 3.8) is 0 Å². The summed E-state index contributed by atoms with van der Waals surface area (Å²) < 4.78 is 0. The lowest BCUT2D eigenvalue weighted by atomic mass is 9.89. The van der Waals surface area contributed by atoms with Crippen molar-refractivity contribution in [2.24, 2.45) is 11.8 Å². The fraction of sp³-hybridized carbons (Fsp3) is 0.522. The fourth-order valence-corrected chi connectivity index (χ4v) is 3.76. The van der Waals surface area contributed by atoms with Gasteiger partial charge in [-0.2, -0.15) is 0 Å². The molecule has 4 N–H and O–H groups in total. The first kappa shape index (κ1) is 22.3. The van der Waals surface area contributed by atoms with Crippen LogP contribution in [0.25, 0.3) is 0 Å². The Kier molecular flexibility index (Phi) is 9.41. The molecule has 2 rings (SSSR count). The molecule has 5 unspecified atom stereocenters. The zero-order valence-corrected chi connectivity index (χ0v) is 16.2. The monoisotopic (exact) mass is 388 g/mol. The smallest absolute Gasteiger partial charge is 0.303 e. The van der Waals surface area contributed by atoms with Crippen LogP contribution >= 0.6 is 0 Å². The van der Waals surface area contributed by atoms with E-state index in [1.165, 1.54) is 5.56 Å². The Balaban J connectivity index is 1.82. The van der Waals surface area contributed by atoms with Gasteiger partial charge in [-0.3, -0.25) is 4.79 Å². The Morgan fingerprint density at radius 3 is 2.61 bits per heavy atom. The Labute approximate surface area is 167 Å². The molecule has 0 aliphatic heterocycles. The van der Waals surface area contributed by atoms with Crippen molar-refractivity contribution < 1.29 is 25.2 Å². The van der Waals surface area contributed by atoms with Gasteiger partial charge in [0.2, 0.25) is 0 Å². The Bertz CT molecular complexity index is 640. The molecule has 0 heterocycles. The van der Waals surface area contributed by atoms with Crippen LogP contribution < -0.4 is 0 Å². The van der Waals surface area contributed by atoms with Gasteiger partial charge in [0.25, 0.3) is 0 Å². The van der Waals surface area contributed by atoms with E-state index in [0.29, 0.717) is 32.1 Å². The van der Waals surface area contributed by atoms with E-state index in [9.17, 15) is 20.1 Å². The topological polar surface area (TPSA) is 98.0 Å². The van der Waals surface area contributed by atoms with Gasteiger partial charge < -0.3 is 20.4 Å². The number of carboxylic acids is 1. The highest BCUT2D eigenvalue weighted by Crippen LogP contribution is 2.36. The number of aryl methyl sites for hydroxylation is 1. The van der Waals surface area contributed by atoms with Crippen molar-refractivity contribution in [2.75, 3.05) is 0 Å². The highest BCUT2D eigenvalue weighted by atomic mass is 16.4. The van der Waals surface area contributed by atoms with Gasteiger partial charge in [-0.05, 0) is 43.6 Å². The van der Waals surface area contributed by atoms with Crippen LogP contribution in [-0.4, -0.2) is 44.7 Å². The van der Waals surface area contributed by atoms with Crippen molar-refractivity contribution in [3.8, 4) is 0 Å². The number of hydrogen-bond donors (Lipinski definition) is 4. The van der Waals surface area contributed by atoms with Crippen molar-refractivity contribution in [1.82, 2.24) is 0 Å². The first-order chi connectivity index (χ1) is 13.5. The van der Waals surface area contributed by atoms with Crippen molar-refractivity contribution in [1.29, 1.82) is 0 Å². The van der Waals surface area contributed by atoms with Crippen molar-refractivity contribution >= 4 is 5.97 Å². The van der Waals surface area contributed by atoms with E-state index >= 15 is 0 Å². The summed E-state index contributed by atoms with van der Waals surface area (Å²) in [6.45, 7) is 0. The van der Waals surface area contributed by atoms with Gasteiger partial charge in [-0.25, -0.2) is 0 Å². The average molecular weight is 389 g/mol. The van der Waals surface area contributed by atoms with E-state index in [4.69, 9.17) is 5.11 Å². The number of aliphatic carboxylic acids is 1. The number of hydrogen-bond acceptors (Lipinski definition) is 4. The third-order valence-corrected chi connectivity index (χ3v) is 5.38. The van der Waals surface area contributed by atoms with Crippen LogP contribution in [0.1, 0.15) is 44.1 Å². The van der Waals surface area contributed by atoms with E-state index in [1.54, 1.807) is 6.08 Å². The number of carbonyl (C=O) groups is 1. The van der Waals surface area contributed by atoms with Gasteiger partial charge in [-0.1, -0.05) is 54.6 Å². The molecular formula is C23H32O5. The quantitative estimate of drug-likeness (QED) is 0.345. The Hall–Kier alpha value is -1.95. The summed E-state index contributed by atoms with van der Waals surface area (Å²) in [6, 6.07) is 9.99. The van der Waals surface area contributed by atoms with Gasteiger partial charge in [0, 0.05) is 18.8 Å². The molecular weight excluding hydrogens is 356 g/mol. The van der Waals surface area contributed by atoms with E-state index in [-0.39, 0.29) is 18.3 Å². The van der Waals surface area contributed by atoms with Gasteiger partial charge in [0.15, 0.2) is 0 Å². The summed E-state index contributed by atoms with van der Waals surface area (Å²) in [6.07, 6.45) is 9.51. The van der Waals surface area contributed by atoms with Gasteiger partial charge in [0.05, 0.1) is 18.3 Å². The SMILES string of the molecule is O=C(O)CCC/C=C\CC1C(O)CC(O)C1/C=C/C(O)CCc1ccccc1. The van der Waals surface area contributed by atoms with Crippen LogP contribution in [0.2, 0.25) is 0 Å². The second-order valence-corrected chi connectivity index (χ2v) is 7.58. The zero-order chi connectivity index (χ0) is 20.4. The summed E-state index contributed by atoms with van der Waals surface area (Å²) in [7, 11) is 0. The molecule has 1 aromatic rings. The molecule has 28 heavy (non-hydrogen) atoms. The highest BCUT2D eigenvalue weighted by molar-refractivity contribution is 5.66. The zero-order valence-electron chi connectivity index (χ0n) is 16.2. The molecule has 0 saturated heterocycles. The van der Waals surface area contributed by atoms with Crippen molar-refractivity contribution in [3.05, 3.63) is 60.2 Å². The summed E-state index contributed by atoms with van der Waals surface area (Å²) in [5.74, 6) is -1.08. The maximum Gasteiger partial charge on any atom is 0.303 e. The lowest BCUT2D eigenvalue weighted by molar-refractivity contribution is -0.137. The standard InChI is InChI=1S/C23H32O5/c24-18(13-12-17-8-4-3-5-9-17)14-15-20-19(21(25)16-22(20)26)10-6-1-2-7-11-23(27)28/h1,3-6,8-9,14-15,18-22,24-26H,2,7,10-13,16H2,(H,27,28)/b6-1-,15-14+. The van der Waals surface area contributed by atoms with Crippen LogP contribution in [0.15, 0.2) is 54.6 Å². The normalized spacial score (nSPS) is 26.2. The molecule has 0 amide bonds. The van der Waals surface area contributed by atoms with Gasteiger partial charge in [-0.15, -0.1) is 0 Å². The molecule has 1 aliphatic rings. The minimum atomic E-state index is -0.793. The maximum atomic E-state index is 10.5. The second kappa shape index (κ2) is 11.8. The molecule has 5 heteroatoms. The Morgan fingerprint density at radius 2 is 1.89 bits per heavy atom. The largest absolute Gasteiger partial charge is 0.481 e. The first-order valence-corrected chi connectivity index (χ1v) is 10.1. The van der Waals surface area contributed by atoms with Crippen LogP contribution in [-0.2, 0) is 11.2 Å². The lowest BCUT2D eigenvalue weighted by Crippen LogP contribution is -2.20. The predicted molar refractivity (Wildman–Crippen MR) is 109 cm³/mol. The van der Waals surface area contributed by atoms with E-state index < -0.39 is 24.3 Å². The summed E-state index contributed by atoms with van der Waals surface area (Å²) in [4.78, 5) is 10.5. The molecule has 154 valence electrons. The Morgan fingerprint density at radius 1 is 1.14 bits per heavy atom. The molecule has 0 radical (unpaired) electrons. The average Bonchev–Trinajstić information content (AvgIpc) is 2.94. The molecule has 0 aromatic heterocycles. The van der Waals surface area contributed by atoms with Crippen LogP contribution in [0.3, 0.4) is 0 Å². The van der Waals surface area contributed by atoms with Crippen LogP contribution in [0.4, 0.5) is 0 Å². The number of unbranched alkanes of at least 4 members (excludes halogenated alkanes) is 1. The first-order valence-electron chi connectivity index (χ1n) is 10.1. The van der Waals surface area contributed by atoms with E-state index in [1.807, 2.05) is 48.6 Å². The molecule has 5 nitrogen and oxygen atoms in total. The number of rotatable bonds is 11. The number of aliphatic hydroxyl groups is 3. The molecule has 0 bridgehead atoms. The number of carboxylic acid groups (broad SMARTS) is 1. The summed E-state index contributed by atoms with van der Waals surface area (Å²) in [5.41, 5.74) is 1.18.